The smallest absolute Gasteiger partial charge is 0.340 e. The maximum Gasteiger partial charge on any atom is 0.340 e. The van der Waals surface area contributed by atoms with Crippen LogP contribution < -0.4 is 10.9 Å². The maximum atomic E-state index is 10.8. The largest absolute Gasteiger partial charge is 0.595 e. The minimum Gasteiger partial charge on any atom is -0.595 e. The first-order chi connectivity index (χ1) is 7.16. The lowest BCUT2D eigenvalue weighted by atomic mass is 10.2. The van der Waals surface area contributed by atoms with Gasteiger partial charge in [-0.25, -0.2) is 15.1 Å². The van der Waals surface area contributed by atoms with Crippen molar-refractivity contribution in [2.75, 3.05) is 0 Å². The Morgan fingerprint density at radius 3 is 2.47 bits per heavy atom. The number of hydrogen-bond donors (Lipinski definition) is 4. The number of aromatic amines is 2. The van der Waals surface area contributed by atoms with Crippen LogP contribution in [0.5, 0.6) is 0 Å². The summed E-state index contributed by atoms with van der Waals surface area (Å²) in [6, 6.07) is 6.06. The number of H-pyrrole nitrogens is 2. The zero-order valence-electron chi connectivity index (χ0n) is 7.52. The van der Waals surface area contributed by atoms with Gasteiger partial charge in [0.15, 0.2) is 11.5 Å². The summed E-state index contributed by atoms with van der Waals surface area (Å²) in [7, 11) is 0. The summed E-state index contributed by atoms with van der Waals surface area (Å²) in [5.41, 5.74) is 0.447. The molecule has 15 heavy (non-hydrogen) atoms. The van der Waals surface area contributed by atoms with Gasteiger partial charge in [0.05, 0.1) is 0 Å². The molecule has 0 aliphatic rings. The Morgan fingerprint density at radius 1 is 1.33 bits per heavy atom. The lowest BCUT2D eigenvalue weighted by Gasteiger charge is -2.10. The fourth-order valence-electron chi connectivity index (χ4n) is 1.18. The SMILES string of the molecule is O=c1[nH]nc(-c2ccc([NH+]([O-])O)cc2)[nH]1. The van der Waals surface area contributed by atoms with Gasteiger partial charge in [-0.3, -0.25) is 4.98 Å². The van der Waals surface area contributed by atoms with E-state index < -0.39 is 10.9 Å². The normalized spacial score (nSPS) is 12.7. The number of aromatic nitrogens is 3. The van der Waals surface area contributed by atoms with Crippen LogP contribution in [-0.4, -0.2) is 20.4 Å². The van der Waals surface area contributed by atoms with Crippen LogP contribution in [-0.2, 0) is 0 Å². The topological polar surface area (TPSA) is 109 Å². The van der Waals surface area contributed by atoms with Gasteiger partial charge < -0.3 is 5.21 Å². The van der Waals surface area contributed by atoms with Gasteiger partial charge in [-0.05, 0) is 12.1 Å². The molecule has 2 rings (SSSR count). The van der Waals surface area contributed by atoms with Gasteiger partial charge in [-0.15, -0.1) is 0 Å². The summed E-state index contributed by atoms with van der Waals surface area (Å²) in [4.78, 5) is 13.2. The van der Waals surface area contributed by atoms with E-state index in [4.69, 9.17) is 5.21 Å². The van der Waals surface area contributed by atoms with Crippen molar-refractivity contribution in [3.8, 4) is 11.4 Å². The van der Waals surface area contributed by atoms with Gasteiger partial charge in [-0.2, -0.15) is 10.3 Å². The molecule has 0 spiro atoms. The van der Waals surface area contributed by atoms with Crippen molar-refractivity contribution in [3.63, 3.8) is 0 Å². The van der Waals surface area contributed by atoms with Crippen LogP contribution >= 0.6 is 0 Å². The third-order valence-electron chi connectivity index (χ3n) is 1.91. The molecular formula is C8H8N4O3. The fourth-order valence-corrected chi connectivity index (χ4v) is 1.18. The summed E-state index contributed by atoms with van der Waals surface area (Å²) in [5, 5.41) is 24.2. The molecule has 0 saturated carbocycles. The van der Waals surface area contributed by atoms with E-state index in [0.29, 0.717) is 11.4 Å². The summed E-state index contributed by atoms with van der Waals surface area (Å²) in [5.74, 6) is 0.386. The second-order valence-electron chi connectivity index (χ2n) is 2.91. The molecule has 0 aliphatic carbocycles. The first-order valence-electron chi connectivity index (χ1n) is 4.15. The molecule has 1 unspecified atom stereocenters. The van der Waals surface area contributed by atoms with Crippen LogP contribution in [0.15, 0.2) is 29.1 Å². The molecule has 1 atom stereocenters. The number of hydrogen-bond acceptors (Lipinski definition) is 4. The minimum atomic E-state index is -0.989. The van der Waals surface area contributed by atoms with Crippen molar-refractivity contribution < 1.29 is 10.4 Å². The molecule has 0 radical (unpaired) electrons. The highest BCUT2D eigenvalue weighted by Gasteiger charge is 2.04. The number of nitrogens with zero attached hydrogens (tertiary/aromatic N) is 1. The zero-order valence-corrected chi connectivity index (χ0v) is 7.52. The lowest BCUT2D eigenvalue weighted by Crippen LogP contribution is -2.99. The van der Waals surface area contributed by atoms with Gasteiger partial charge in [-0.1, -0.05) is 0 Å². The standard InChI is InChI=1S/C8H8N4O3/c13-8-9-7(10-11-8)5-1-3-6(4-2-5)12(14)15/h1-4,12,14H,(H2,9,10,11,13). The lowest BCUT2D eigenvalue weighted by molar-refractivity contribution is -0.991. The van der Waals surface area contributed by atoms with Crippen molar-refractivity contribution >= 4 is 5.69 Å². The first-order valence-corrected chi connectivity index (χ1v) is 4.15. The molecule has 1 aromatic heterocycles. The zero-order chi connectivity index (χ0) is 10.8. The van der Waals surface area contributed by atoms with Crippen LogP contribution in [0.1, 0.15) is 0 Å². The second kappa shape index (κ2) is 3.65. The minimum absolute atomic E-state index is 0.191. The van der Waals surface area contributed by atoms with E-state index in [1.54, 1.807) is 12.1 Å². The molecule has 7 heteroatoms. The predicted octanol–water partition coefficient (Wildman–Crippen LogP) is -0.832. The Labute approximate surface area is 83.5 Å². The van der Waals surface area contributed by atoms with Crippen molar-refractivity contribution in [3.05, 3.63) is 40.0 Å². The van der Waals surface area contributed by atoms with Gasteiger partial charge in [0, 0.05) is 17.7 Å². The van der Waals surface area contributed by atoms with Gasteiger partial charge in [0.1, 0.15) is 0 Å². The van der Waals surface area contributed by atoms with Crippen LogP contribution in [0.3, 0.4) is 0 Å². The Balaban J connectivity index is 2.35. The summed E-state index contributed by atoms with van der Waals surface area (Å²) >= 11 is 0. The number of nitrogens with one attached hydrogen (secondary N) is 3. The Bertz CT molecular complexity index is 499. The van der Waals surface area contributed by atoms with E-state index >= 15 is 0 Å². The van der Waals surface area contributed by atoms with Gasteiger partial charge in [0.2, 0.25) is 0 Å². The predicted molar refractivity (Wildman–Crippen MR) is 50.4 cm³/mol. The van der Waals surface area contributed by atoms with Crippen molar-refractivity contribution in [1.29, 1.82) is 0 Å². The molecular weight excluding hydrogens is 200 g/mol. The fraction of sp³-hybridized carbons (Fsp3) is 0. The first kappa shape index (κ1) is 9.59. The van der Waals surface area contributed by atoms with Crippen LogP contribution in [0.2, 0.25) is 0 Å². The summed E-state index contributed by atoms with van der Waals surface area (Å²) in [6.45, 7) is 0. The highest BCUT2D eigenvalue weighted by Crippen LogP contribution is 2.13. The van der Waals surface area contributed by atoms with Gasteiger partial charge in [0.25, 0.3) is 0 Å². The molecule has 2 aromatic rings. The highest BCUT2D eigenvalue weighted by atomic mass is 16.8. The van der Waals surface area contributed by atoms with E-state index in [1.165, 1.54) is 12.1 Å². The van der Waals surface area contributed by atoms with E-state index in [0.717, 1.165) is 0 Å². The molecule has 0 saturated heterocycles. The second-order valence-corrected chi connectivity index (χ2v) is 2.91. The van der Waals surface area contributed by atoms with Crippen LogP contribution in [0.25, 0.3) is 11.4 Å². The highest BCUT2D eigenvalue weighted by molar-refractivity contribution is 5.56. The third kappa shape index (κ3) is 1.94. The summed E-state index contributed by atoms with van der Waals surface area (Å²) in [6.07, 6.45) is 0. The average Bonchev–Trinajstić information content (AvgIpc) is 2.65. The van der Waals surface area contributed by atoms with Crippen LogP contribution in [0.4, 0.5) is 5.69 Å². The van der Waals surface area contributed by atoms with E-state index in [-0.39, 0.29) is 5.69 Å². The number of benzene rings is 1. The van der Waals surface area contributed by atoms with E-state index in [9.17, 15) is 10.0 Å². The molecule has 1 aromatic carbocycles. The molecule has 78 valence electrons. The summed E-state index contributed by atoms with van der Waals surface area (Å²) < 4.78 is 0. The molecule has 7 nitrogen and oxygen atoms in total. The monoisotopic (exact) mass is 208 g/mol. The Kier molecular flexibility index (Phi) is 2.34. The maximum absolute atomic E-state index is 10.8. The molecule has 4 N–H and O–H groups in total. The van der Waals surface area contributed by atoms with Crippen molar-refractivity contribution in [2.45, 2.75) is 0 Å². The number of quaternary nitrogens is 1. The average molecular weight is 208 g/mol. The van der Waals surface area contributed by atoms with E-state index in [2.05, 4.69) is 15.2 Å². The third-order valence-corrected chi connectivity index (χ3v) is 1.91. The van der Waals surface area contributed by atoms with Crippen molar-refractivity contribution in [1.82, 2.24) is 15.2 Å². The van der Waals surface area contributed by atoms with E-state index in [1.807, 2.05) is 0 Å². The van der Waals surface area contributed by atoms with Gasteiger partial charge >= 0.3 is 5.69 Å². The quantitative estimate of drug-likeness (QED) is 0.483. The molecule has 0 aliphatic heterocycles. The molecule has 0 bridgehead atoms. The molecule has 0 fully saturated rings. The van der Waals surface area contributed by atoms with Crippen LogP contribution in [0, 0.1) is 5.21 Å². The number of rotatable bonds is 2. The Hall–Kier alpha value is -1.96. The molecule has 1 heterocycles. The molecule has 0 amide bonds. The Morgan fingerprint density at radius 2 is 2.00 bits per heavy atom. The van der Waals surface area contributed by atoms with Crippen molar-refractivity contribution in [2.24, 2.45) is 0 Å².